The average Bonchev–Trinajstić information content (AvgIpc) is 2.77. The van der Waals surface area contributed by atoms with Gasteiger partial charge < -0.3 is 13.9 Å². The van der Waals surface area contributed by atoms with Gasteiger partial charge in [0.15, 0.2) is 0 Å². The van der Waals surface area contributed by atoms with Crippen LogP contribution in [0.5, 0.6) is 5.75 Å². The van der Waals surface area contributed by atoms with E-state index in [9.17, 15) is 9.59 Å². The standard InChI is InChI=1S/C17H29NO5Si/c1-16(2,3)22-15(20)18-11-12(10-13(18)14(19)21-7)23-24(8,9)17(4,5)6/h10-11H,1-9H3. The summed E-state index contributed by atoms with van der Waals surface area (Å²) >= 11 is 0. The van der Waals surface area contributed by atoms with Gasteiger partial charge in [0, 0.05) is 6.07 Å². The third-order valence-corrected chi connectivity index (χ3v) is 8.32. The molecule has 0 fully saturated rings. The van der Waals surface area contributed by atoms with Crippen molar-refractivity contribution in [1.29, 1.82) is 0 Å². The van der Waals surface area contributed by atoms with Gasteiger partial charge >= 0.3 is 12.1 Å². The summed E-state index contributed by atoms with van der Waals surface area (Å²) in [7, 11) is -0.832. The van der Waals surface area contributed by atoms with Crippen molar-refractivity contribution in [2.45, 2.75) is 65.3 Å². The molecular formula is C17H29NO5Si. The molecule has 0 saturated carbocycles. The Morgan fingerprint density at radius 1 is 1.08 bits per heavy atom. The maximum atomic E-state index is 12.4. The summed E-state index contributed by atoms with van der Waals surface area (Å²) in [4.78, 5) is 24.4. The highest BCUT2D eigenvalue weighted by Gasteiger charge is 2.39. The van der Waals surface area contributed by atoms with E-state index in [4.69, 9.17) is 13.9 Å². The van der Waals surface area contributed by atoms with E-state index >= 15 is 0 Å². The van der Waals surface area contributed by atoms with Crippen molar-refractivity contribution in [3.8, 4) is 5.75 Å². The van der Waals surface area contributed by atoms with E-state index in [2.05, 4.69) is 33.9 Å². The summed E-state index contributed by atoms with van der Waals surface area (Å²) < 4.78 is 17.4. The lowest BCUT2D eigenvalue weighted by molar-refractivity contribution is 0.0483. The topological polar surface area (TPSA) is 66.8 Å². The number of rotatable bonds is 3. The second-order valence-corrected chi connectivity index (χ2v) is 13.0. The zero-order valence-corrected chi connectivity index (χ0v) is 17.1. The Labute approximate surface area is 145 Å². The lowest BCUT2D eigenvalue weighted by Crippen LogP contribution is -2.43. The minimum Gasteiger partial charge on any atom is -0.542 e. The maximum absolute atomic E-state index is 12.4. The van der Waals surface area contributed by atoms with E-state index < -0.39 is 26.0 Å². The predicted octanol–water partition coefficient (Wildman–Crippen LogP) is 4.44. The molecule has 0 aliphatic carbocycles. The summed E-state index contributed by atoms with van der Waals surface area (Å²) in [5.74, 6) is -0.154. The van der Waals surface area contributed by atoms with Gasteiger partial charge in [-0.15, -0.1) is 0 Å². The fourth-order valence-corrected chi connectivity index (χ4v) is 2.67. The quantitative estimate of drug-likeness (QED) is 0.592. The zero-order valence-electron chi connectivity index (χ0n) is 16.1. The number of esters is 1. The molecule has 0 N–H and O–H groups in total. The van der Waals surface area contributed by atoms with Crippen LogP contribution in [0, 0.1) is 0 Å². The Morgan fingerprint density at radius 3 is 2.04 bits per heavy atom. The molecule has 0 spiro atoms. The number of hydrogen-bond acceptors (Lipinski definition) is 5. The number of methoxy groups -OCH3 is 1. The molecule has 0 saturated heterocycles. The lowest BCUT2D eigenvalue weighted by atomic mass is 10.2. The molecule has 7 heteroatoms. The molecule has 0 radical (unpaired) electrons. The summed E-state index contributed by atoms with van der Waals surface area (Å²) in [6.07, 6.45) is 0.842. The highest BCUT2D eigenvalue weighted by Crippen LogP contribution is 2.37. The van der Waals surface area contributed by atoms with Crippen LogP contribution in [0.15, 0.2) is 12.3 Å². The molecule has 1 aromatic rings. The van der Waals surface area contributed by atoms with E-state index in [0.717, 1.165) is 4.57 Å². The molecule has 0 aliphatic rings. The minimum absolute atomic E-state index is 0.00749. The predicted molar refractivity (Wildman–Crippen MR) is 95.2 cm³/mol. The third kappa shape index (κ3) is 4.86. The van der Waals surface area contributed by atoms with E-state index in [-0.39, 0.29) is 10.7 Å². The van der Waals surface area contributed by atoms with Gasteiger partial charge in [-0.3, -0.25) is 0 Å². The van der Waals surface area contributed by atoms with Crippen molar-refractivity contribution in [3.05, 3.63) is 18.0 Å². The lowest BCUT2D eigenvalue weighted by Gasteiger charge is -2.36. The fourth-order valence-electron chi connectivity index (χ4n) is 1.67. The Hall–Kier alpha value is -1.76. The summed E-state index contributed by atoms with van der Waals surface area (Å²) in [5, 5.41) is -0.00749. The van der Waals surface area contributed by atoms with E-state index in [0.29, 0.717) is 5.75 Å². The number of nitrogens with zero attached hydrogens (tertiary/aromatic N) is 1. The van der Waals surface area contributed by atoms with Gasteiger partial charge in [0.05, 0.1) is 13.3 Å². The van der Waals surface area contributed by atoms with Crippen LogP contribution in [0.2, 0.25) is 18.1 Å². The second kappa shape index (κ2) is 6.62. The minimum atomic E-state index is -2.10. The first-order valence-electron chi connectivity index (χ1n) is 7.91. The van der Waals surface area contributed by atoms with Crippen molar-refractivity contribution in [3.63, 3.8) is 0 Å². The summed E-state index contributed by atoms with van der Waals surface area (Å²) in [6.45, 7) is 15.8. The molecule has 0 amide bonds. The van der Waals surface area contributed by atoms with E-state index in [1.807, 2.05) is 0 Å². The first-order valence-corrected chi connectivity index (χ1v) is 10.8. The number of carbonyl (C=O) groups excluding carboxylic acids is 2. The molecular weight excluding hydrogens is 326 g/mol. The Morgan fingerprint density at radius 2 is 1.62 bits per heavy atom. The largest absolute Gasteiger partial charge is 0.542 e. The van der Waals surface area contributed by atoms with Crippen LogP contribution in [-0.2, 0) is 9.47 Å². The molecule has 1 aromatic heterocycles. The molecule has 0 aliphatic heterocycles. The SMILES string of the molecule is COC(=O)c1cc(O[Si](C)(C)C(C)(C)C)cn1C(=O)OC(C)(C)C. The zero-order chi connectivity index (χ0) is 18.9. The van der Waals surface area contributed by atoms with Gasteiger partial charge in [0.1, 0.15) is 17.0 Å². The van der Waals surface area contributed by atoms with Gasteiger partial charge in [-0.1, -0.05) is 20.8 Å². The monoisotopic (exact) mass is 355 g/mol. The van der Waals surface area contributed by atoms with Crippen molar-refractivity contribution in [2.24, 2.45) is 0 Å². The van der Waals surface area contributed by atoms with Crippen molar-refractivity contribution < 1.29 is 23.5 Å². The number of carbonyl (C=O) groups is 2. The summed E-state index contributed by atoms with van der Waals surface area (Å²) in [6, 6.07) is 1.52. The number of hydrogen-bond donors (Lipinski definition) is 0. The maximum Gasteiger partial charge on any atom is 0.419 e. The van der Waals surface area contributed by atoms with Crippen LogP contribution in [-0.4, -0.2) is 37.7 Å². The van der Waals surface area contributed by atoms with Crippen LogP contribution in [0.4, 0.5) is 4.79 Å². The molecule has 24 heavy (non-hydrogen) atoms. The van der Waals surface area contributed by atoms with Crippen LogP contribution in [0.1, 0.15) is 52.0 Å². The Kier molecular flexibility index (Phi) is 5.60. The Bertz CT molecular complexity index is 620. The van der Waals surface area contributed by atoms with Crippen molar-refractivity contribution in [2.75, 3.05) is 7.11 Å². The average molecular weight is 356 g/mol. The van der Waals surface area contributed by atoms with Crippen LogP contribution >= 0.6 is 0 Å². The molecule has 0 atom stereocenters. The molecule has 0 unspecified atom stereocenters. The van der Waals surface area contributed by atoms with Gasteiger partial charge in [-0.2, -0.15) is 0 Å². The number of aromatic nitrogens is 1. The van der Waals surface area contributed by atoms with E-state index in [1.54, 1.807) is 20.8 Å². The smallest absolute Gasteiger partial charge is 0.419 e. The molecule has 1 rings (SSSR count). The molecule has 0 aromatic carbocycles. The van der Waals surface area contributed by atoms with Crippen molar-refractivity contribution >= 4 is 20.4 Å². The number of ether oxygens (including phenoxy) is 2. The first kappa shape index (κ1) is 20.3. The van der Waals surface area contributed by atoms with Gasteiger partial charge in [0.2, 0.25) is 0 Å². The van der Waals surface area contributed by atoms with Crippen molar-refractivity contribution in [1.82, 2.24) is 4.57 Å². The third-order valence-electron chi connectivity index (χ3n) is 3.96. The second-order valence-electron chi connectivity index (χ2n) is 8.27. The highest BCUT2D eigenvalue weighted by atomic mass is 28.4. The van der Waals surface area contributed by atoms with Crippen LogP contribution in [0.3, 0.4) is 0 Å². The van der Waals surface area contributed by atoms with Gasteiger partial charge in [-0.25, -0.2) is 14.2 Å². The van der Waals surface area contributed by atoms with Crippen LogP contribution < -0.4 is 4.43 Å². The van der Waals surface area contributed by atoms with E-state index in [1.165, 1.54) is 19.4 Å². The first-order chi connectivity index (χ1) is 10.7. The summed E-state index contributed by atoms with van der Waals surface area (Å²) in [5.41, 5.74) is -0.588. The van der Waals surface area contributed by atoms with Gasteiger partial charge in [-0.05, 0) is 38.9 Å². The molecule has 136 valence electrons. The highest BCUT2D eigenvalue weighted by molar-refractivity contribution is 6.74. The molecule has 6 nitrogen and oxygen atoms in total. The normalized spacial score (nSPS) is 12.7. The molecule has 0 bridgehead atoms. The van der Waals surface area contributed by atoms with Crippen LogP contribution in [0.25, 0.3) is 0 Å². The van der Waals surface area contributed by atoms with Gasteiger partial charge in [0.25, 0.3) is 8.32 Å². The fraction of sp³-hybridized carbons (Fsp3) is 0.647. The Balaban J connectivity index is 3.23. The molecule has 1 heterocycles.